The number of nitrogens with one attached hydrogen (secondary N) is 2. The Morgan fingerprint density at radius 1 is 1.28 bits per heavy atom. The molecule has 0 bridgehead atoms. The van der Waals surface area contributed by atoms with Gasteiger partial charge >= 0.3 is 0 Å². The second-order valence-electron chi connectivity index (χ2n) is 3.96. The van der Waals surface area contributed by atoms with Gasteiger partial charge in [-0.3, -0.25) is 0 Å². The van der Waals surface area contributed by atoms with Gasteiger partial charge in [-0.15, -0.1) is 0 Å². The van der Waals surface area contributed by atoms with Crippen molar-refractivity contribution in [1.29, 1.82) is 0 Å². The van der Waals surface area contributed by atoms with Crippen molar-refractivity contribution in [3.8, 4) is 0 Å². The van der Waals surface area contributed by atoms with E-state index < -0.39 is 10.0 Å². The van der Waals surface area contributed by atoms with Crippen molar-refractivity contribution in [3.63, 3.8) is 0 Å². The standard InChI is InChI=1S/C12H20N2O2S2/c1-4-10(9-17-3)14-18(15,16)12-7-5-11(13-2)6-8-12/h5-8,10,13-14H,4,9H2,1-3H3. The normalized spacial score (nSPS) is 13.3. The molecule has 0 aromatic heterocycles. The molecule has 1 atom stereocenters. The zero-order valence-electron chi connectivity index (χ0n) is 10.9. The number of sulfonamides is 1. The van der Waals surface area contributed by atoms with Crippen LogP contribution in [0.3, 0.4) is 0 Å². The van der Waals surface area contributed by atoms with Gasteiger partial charge in [0.25, 0.3) is 0 Å². The van der Waals surface area contributed by atoms with Gasteiger partial charge in [0.15, 0.2) is 0 Å². The third-order valence-corrected chi connectivity index (χ3v) is 4.91. The van der Waals surface area contributed by atoms with Crippen LogP contribution in [0.5, 0.6) is 0 Å². The summed E-state index contributed by atoms with van der Waals surface area (Å²) < 4.78 is 27.0. The maximum atomic E-state index is 12.1. The van der Waals surface area contributed by atoms with Crippen molar-refractivity contribution >= 4 is 27.5 Å². The minimum absolute atomic E-state index is 0.0195. The van der Waals surface area contributed by atoms with E-state index in [1.807, 2.05) is 13.2 Å². The summed E-state index contributed by atoms with van der Waals surface area (Å²) in [6.45, 7) is 1.98. The summed E-state index contributed by atoms with van der Waals surface area (Å²) in [6.07, 6.45) is 2.76. The lowest BCUT2D eigenvalue weighted by atomic mass is 10.3. The van der Waals surface area contributed by atoms with E-state index in [0.717, 1.165) is 17.9 Å². The van der Waals surface area contributed by atoms with E-state index in [-0.39, 0.29) is 6.04 Å². The molecular weight excluding hydrogens is 268 g/mol. The van der Waals surface area contributed by atoms with Crippen LogP contribution in [0.1, 0.15) is 13.3 Å². The van der Waals surface area contributed by atoms with E-state index in [4.69, 9.17) is 0 Å². The number of hydrogen-bond donors (Lipinski definition) is 2. The molecule has 102 valence electrons. The zero-order chi connectivity index (χ0) is 13.6. The Hall–Kier alpha value is -0.720. The zero-order valence-corrected chi connectivity index (χ0v) is 12.6. The van der Waals surface area contributed by atoms with Crippen molar-refractivity contribution in [2.24, 2.45) is 0 Å². The first-order valence-electron chi connectivity index (χ1n) is 5.82. The summed E-state index contributed by atoms with van der Waals surface area (Å²) in [5, 5.41) is 2.96. The Morgan fingerprint density at radius 2 is 1.89 bits per heavy atom. The average Bonchev–Trinajstić information content (AvgIpc) is 2.38. The average molecular weight is 288 g/mol. The van der Waals surface area contributed by atoms with Crippen LogP contribution >= 0.6 is 11.8 Å². The predicted octanol–water partition coefficient (Wildman–Crippen LogP) is 2.15. The number of rotatable bonds is 7. The number of benzene rings is 1. The van der Waals surface area contributed by atoms with Crippen molar-refractivity contribution < 1.29 is 8.42 Å². The van der Waals surface area contributed by atoms with Gasteiger partial charge in [-0.2, -0.15) is 11.8 Å². The molecule has 1 rings (SSSR count). The van der Waals surface area contributed by atoms with Gasteiger partial charge in [-0.05, 0) is 36.9 Å². The van der Waals surface area contributed by atoms with Crippen molar-refractivity contribution in [3.05, 3.63) is 24.3 Å². The quantitative estimate of drug-likeness (QED) is 0.807. The van der Waals surface area contributed by atoms with E-state index in [9.17, 15) is 8.42 Å². The molecular formula is C12H20N2O2S2. The Morgan fingerprint density at radius 3 is 2.33 bits per heavy atom. The fraction of sp³-hybridized carbons (Fsp3) is 0.500. The van der Waals surface area contributed by atoms with Gasteiger partial charge in [0, 0.05) is 24.5 Å². The smallest absolute Gasteiger partial charge is 0.240 e. The van der Waals surface area contributed by atoms with E-state index in [1.54, 1.807) is 43.1 Å². The monoisotopic (exact) mass is 288 g/mol. The Bertz CT molecular complexity index is 457. The summed E-state index contributed by atoms with van der Waals surface area (Å²) in [5.74, 6) is 0.782. The molecule has 2 N–H and O–H groups in total. The molecule has 1 unspecified atom stereocenters. The molecule has 0 aliphatic rings. The fourth-order valence-electron chi connectivity index (χ4n) is 1.52. The molecule has 18 heavy (non-hydrogen) atoms. The Balaban J connectivity index is 2.84. The Kier molecular flexibility index (Phi) is 5.98. The summed E-state index contributed by atoms with van der Waals surface area (Å²) in [4.78, 5) is 0.307. The second kappa shape index (κ2) is 7.01. The van der Waals surface area contributed by atoms with Crippen LogP contribution in [0.4, 0.5) is 5.69 Å². The molecule has 0 saturated carbocycles. The molecule has 0 spiro atoms. The molecule has 1 aromatic carbocycles. The van der Waals surface area contributed by atoms with Gasteiger partial charge in [-0.1, -0.05) is 6.92 Å². The molecule has 0 aliphatic carbocycles. The van der Waals surface area contributed by atoms with Gasteiger partial charge < -0.3 is 5.32 Å². The van der Waals surface area contributed by atoms with E-state index >= 15 is 0 Å². The molecule has 6 heteroatoms. The SMILES string of the molecule is CCC(CSC)NS(=O)(=O)c1ccc(NC)cc1. The summed E-state index contributed by atoms with van der Waals surface area (Å²) in [6, 6.07) is 6.71. The van der Waals surface area contributed by atoms with Gasteiger partial charge in [-0.25, -0.2) is 13.1 Å². The van der Waals surface area contributed by atoms with Crippen molar-refractivity contribution in [2.45, 2.75) is 24.3 Å². The topological polar surface area (TPSA) is 58.2 Å². The maximum Gasteiger partial charge on any atom is 0.240 e. The fourth-order valence-corrected chi connectivity index (χ4v) is 3.67. The minimum atomic E-state index is -3.41. The van der Waals surface area contributed by atoms with E-state index in [2.05, 4.69) is 10.0 Å². The van der Waals surface area contributed by atoms with Crippen molar-refractivity contribution in [2.75, 3.05) is 24.4 Å². The first-order chi connectivity index (χ1) is 8.53. The first kappa shape index (κ1) is 15.3. The molecule has 0 radical (unpaired) electrons. The molecule has 0 aliphatic heterocycles. The number of hydrogen-bond acceptors (Lipinski definition) is 4. The lowest BCUT2D eigenvalue weighted by Crippen LogP contribution is -2.36. The molecule has 0 heterocycles. The number of anilines is 1. The molecule has 1 aromatic rings. The van der Waals surface area contributed by atoms with Crippen LogP contribution < -0.4 is 10.0 Å². The van der Waals surface area contributed by atoms with Crippen LogP contribution in [0, 0.1) is 0 Å². The highest BCUT2D eigenvalue weighted by Crippen LogP contribution is 2.14. The maximum absolute atomic E-state index is 12.1. The van der Waals surface area contributed by atoms with E-state index in [0.29, 0.717) is 4.90 Å². The summed E-state index contributed by atoms with van der Waals surface area (Å²) >= 11 is 1.64. The first-order valence-corrected chi connectivity index (χ1v) is 8.70. The second-order valence-corrected chi connectivity index (χ2v) is 6.58. The van der Waals surface area contributed by atoms with Gasteiger partial charge in [0.05, 0.1) is 4.90 Å². The van der Waals surface area contributed by atoms with Crippen LogP contribution in [0.2, 0.25) is 0 Å². The van der Waals surface area contributed by atoms with Gasteiger partial charge in [0.1, 0.15) is 0 Å². The third-order valence-electron chi connectivity index (χ3n) is 2.64. The highest BCUT2D eigenvalue weighted by atomic mass is 32.2. The third kappa shape index (κ3) is 4.19. The van der Waals surface area contributed by atoms with Gasteiger partial charge in [0.2, 0.25) is 10.0 Å². The highest BCUT2D eigenvalue weighted by molar-refractivity contribution is 7.98. The molecule has 4 nitrogen and oxygen atoms in total. The van der Waals surface area contributed by atoms with Crippen LogP contribution in [-0.4, -0.2) is 33.5 Å². The summed E-state index contributed by atoms with van der Waals surface area (Å²) in [7, 11) is -1.61. The number of thioether (sulfide) groups is 1. The highest BCUT2D eigenvalue weighted by Gasteiger charge is 2.18. The molecule has 0 amide bonds. The van der Waals surface area contributed by atoms with Crippen LogP contribution in [0.15, 0.2) is 29.2 Å². The van der Waals surface area contributed by atoms with Crippen LogP contribution in [-0.2, 0) is 10.0 Å². The lowest BCUT2D eigenvalue weighted by Gasteiger charge is -2.16. The van der Waals surface area contributed by atoms with Crippen molar-refractivity contribution in [1.82, 2.24) is 4.72 Å². The van der Waals surface area contributed by atoms with E-state index in [1.165, 1.54) is 0 Å². The largest absolute Gasteiger partial charge is 0.388 e. The minimum Gasteiger partial charge on any atom is -0.388 e. The van der Waals surface area contributed by atoms with Crippen LogP contribution in [0.25, 0.3) is 0 Å². The lowest BCUT2D eigenvalue weighted by molar-refractivity contribution is 0.558. The predicted molar refractivity (Wildman–Crippen MR) is 78.8 cm³/mol. The Labute approximate surface area is 114 Å². The summed E-state index contributed by atoms with van der Waals surface area (Å²) in [5.41, 5.74) is 0.894. The molecule has 0 saturated heterocycles. The molecule has 0 fully saturated rings.